The van der Waals surface area contributed by atoms with Crippen LogP contribution < -0.4 is 21.3 Å². The number of benzene rings is 1. The number of nitrogens with zero attached hydrogens (tertiary/aromatic N) is 2. The van der Waals surface area contributed by atoms with Crippen molar-refractivity contribution in [1.82, 2.24) is 31.1 Å². The summed E-state index contributed by atoms with van der Waals surface area (Å²) in [5, 5.41) is 11.2. The molecule has 4 fully saturated rings. The largest absolute Gasteiger partial charge is 0.444 e. The van der Waals surface area contributed by atoms with E-state index in [9.17, 15) is 33.6 Å². The van der Waals surface area contributed by atoms with Gasteiger partial charge >= 0.3 is 12.1 Å². The van der Waals surface area contributed by atoms with Crippen LogP contribution in [0.2, 0.25) is 0 Å². The smallest absolute Gasteiger partial charge is 0.410 e. The Balaban J connectivity index is 1.21. The van der Waals surface area contributed by atoms with E-state index in [0.29, 0.717) is 25.9 Å². The lowest BCUT2D eigenvalue weighted by Crippen LogP contribution is -2.62. The van der Waals surface area contributed by atoms with E-state index in [1.165, 1.54) is 4.90 Å². The molecular formula is C41H58N6O8. The van der Waals surface area contributed by atoms with Gasteiger partial charge in [0.2, 0.25) is 17.6 Å². The standard InChI is InChI=1S/C41H58N6O8/c1-40(2,3)33(31(48)25-13-14-25)44-38(53)45-34(41(4,5)6)37(52)47-22-28(55-39(54)46-18-17-24-9-7-8-10-26(24)21-46)20-30(47)35(50)43-29(19-23-11-12-23)32(49)36(51)42-27-15-16-27/h7-10,23,25,27-30,33-34H,11-22H2,1-6H3,(H,42,51)(H,43,50)(H2,44,45,53)/t28-,29?,30+,33-,34-/m1/s1. The molecule has 1 unspecified atom stereocenters. The predicted octanol–water partition coefficient (Wildman–Crippen LogP) is 3.39. The summed E-state index contributed by atoms with van der Waals surface area (Å²) in [7, 11) is 0. The molecule has 4 N–H and O–H groups in total. The lowest BCUT2D eigenvalue weighted by atomic mass is 9.82. The number of amides is 6. The molecule has 2 aliphatic heterocycles. The molecule has 3 aliphatic carbocycles. The highest BCUT2D eigenvalue weighted by Crippen LogP contribution is 2.36. The maximum Gasteiger partial charge on any atom is 0.410 e. The number of rotatable bonds is 13. The van der Waals surface area contributed by atoms with Gasteiger partial charge in [-0.25, -0.2) is 9.59 Å². The van der Waals surface area contributed by atoms with Gasteiger partial charge in [0.1, 0.15) is 18.2 Å². The summed E-state index contributed by atoms with van der Waals surface area (Å²) in [6, 6.07) is 2.99. The Morgan fingerprint density at radius 1 is 0.818 bits per heavy atom. The van der Waals surface area contributed by atoms with Gasteiger partial charge in [-0.15, -0.1) is 0 Å². The third-order valence-corrected chi connectivity index (χ3v) is 11.3. The van der Waals surface area contributed by atoms with Crippen molar-refractivity contribution < 1.29 is 38.3 Å². The van der Waals surface area contributed by atoms with Crippen molar-refractivity contribution in [2.24, 2.45) is 22.7 Å². The molecule has 6 rings (SSSR count). The number of ketones is 2. The molecule has 1 saturated heterocycles. The molecular weight excluding hydrogens is 704 g/mol. The van der Waals surface area contributed by atoms with E-state index in [0.717, 1.165) is 49.7 Å². The normalized spacial score (nSPS) is 22.7. The molecule has 2 heterocycles. The van der Waals surface area contributed by atoms with Crippen LogP contribution in [-0.2, 0) is 41.7 Å². The topological polar surface area (TPSA) is 183 Å². The van der Waals surface area contributed by atoms with Crippen LogP contribution in [-0.4, -0.2) is 101 Å². The second-order valence-corrected chi connectivity index (χ2v) is 18.4. The molecule has 55 heavy (non-hydrogen) atoms. The third kappa shape index (κ3) is 10.2. The van der Waals surface area contributed by atoms with Crippen LogP contribution in [0.4, 0.5) is 9.59 Å². The van der Waals surface area contributed by atoms with Gasteiger partial charge in [-0.1, -0.05) is 78.6 Å². The number of carbonyl (C=O) groups excluding carboxylic acids is 7. The van der Waals surface area contributed by atoms with Gasteiger partial charge in [0.25, 0.3) is 5.91 Å². The van der Waals surface area contributed by atoms with Gasteiger partial charge in [0, 0.05) is 31.5 Å². The monoisotopic (exact) mass is 762 g/mol. The van der Waals surface area contributed by atoms with Crippen LogP contribution >= 0.6 is 0 Å². The Morgan fingerprint density at radius 2 is 1.45 bits per heavy atom. The Kier molecular flexibility index (Phi) is 11.6. The highest BCUT2D eigenvalue weighted by Gasteiger charge is 2.48. The molecule has 0 spiro atoms. The van der Waals surface area contributed by atoms with Crippen LogP contribution in [0.1, 0.15) is 104 Å². The Labute approximate surface area is 323 Å². The summed E-state index contributed by atoms with van der Waals surface area (Å²) >= 11 is 0. The summed E-state index contributed by atoms with van der Waals surface area (Å²) in [4.78, 5) is 98.3. The number of nitrogens with one attached hydrogen (secondary N) is 4. The van der Waals surface area contributed by atoms with E-state index in [1.54, 1.807) is 25.7 Å². The average molecular weight is 763 g/mol. The maximum atomic E-state index is 14.6. The number of hydrogen-bond acceptors (Lipinski definition) is 8. The zero-order valence-corrected chi connectivity index (χ0v) is 33.1. The zero-order valence-electron chi connectivity index (χ0n) is 33.1. The van der Waals surface area contributed by atoms with E-state index < -0.39 is 76.7 Å². The van der Waals surface area contributed by atoms with Crippen LogP contribution in [0.5, 0.6) is 0 Å². The van der Waals surface area contributed by atoms with Gasteiger partial charge in [-0.3, -0.25) is 24.0 Å². The molecule has 0 radical (unpaired) electrons. The number of urea groups is 1. The fraction of sp³-hybridized carbons (Fsp3) is 0.683. The number of Topliss-reactive ketones (excluding diaryl/α,β-unsaturated/α-hetero) is 2. The number of hydrogen-bond donors (Lipinski definition) is 4. The minimum absolute atomic E-state index is 0.0370. The summed E-state index contributed by atoms with van der Waals surface area (Å²) in [6.45, 7) is 11.7. The van der Waals surface area contributed by atoms with Crippen molar-refractivity contribution in [1.29, 1.82) is 0 Å². The first-order chi connectivity index (χ1) is 25.9. The molecule has 6 amide bonds. The fourth-order valence-electron chi connectivity index (χ4n) is 7.51. The number of likely N-dealkylation sites (tertiary alicyclic amines) is 1. The first-order valence-electron chi connectivity index (χ1n) is 20.0. The van der Waals surface area contributed by atoms with E-state index in [-0.39, 0.29) is 36.6 Å². The molecule has 300 valence electrons. The summed E-state index contributed by atoms with van der Waals surface area (Å²) in [6.07, 6.45) is 4.45. The van der Waals surface area contributed by atoms with Gasteiger partial charge in [-0.05, 0) is 66.4 Å². The van der Waals surface area contributed by atoms with Gasteiger partial charge in [0.05, 0.1) is 18.6 Å². The highest BCUT2D eigenvalue weighted by atomic mass is 16.6. The van der Waals surface area contributed by atoms with Crippen molar-refractivity contribution in [2.45, 2.75) is 142 Å². The summed E-state index contributed by atoms with van der Waals surface area (Å²) < 4.78 is 5.98. The molecule has 3 saturated carbocycles. The van der Waals surface area contributed by atoms with Gasteiger partial charge in [-0.2, -0.15) is 0 Å². The number of fused-ring (bicyclic) bond motifs is 1. The minimum atomic E-state index is -1.16. The average Bonchev–Trinajstić information content (AvgIpc) is 3.99. The van der Waals surface area contributed by atoms with E-state index in [1.807, 2.05) is 45.0 Å². The summed E-state index contributed by atoms with van der Waals surface area (Å²) in [5.41, 5.74) is 0.758. The van der Waals surface area contributed by atoms with E-state index in [4.69, 9.17) is 4.74 Å². The fourth-order valence-corrected chi connectivity index (χ4v) is 7.51. The first kappa shape index (κ1) is 40.2. The number of ether oxygens (including phenoxy) is 1. The van der Waals surface area contributed by atoms with Crippen molar-refractivity contribution in [3.05, 3.63) is 35.4 Å². The molecule has 0 aromatic heterocycles. The summed E-state index contributed by atoms with van der Waals surface area (Å²) in [5.74, 6) is -2.62. The highest BCUT2D eigenvalue weighted by molar-refractivity contribution is 6.38. The van der Waals surface area contributed by atoms with Crippen LogP contribution in [0.15, 0.2) is 24.3 Å². The third-order valence-electron chi connectivity index (χ3n) is 11.3. The van der Waals surface area contributed by atoms with E-state index in [2.05, 4.69) is 21.3 Å². The molecule has 1 aromatic rings. The Morgan fingerprint density at radius 3 is 2.05 bits per heavy atom. The van der Waals surface area contributed by atoms with Crippen LogP contribution in [0.25, 0.3) is 0 Å². The van der Waals surface area contributed by atoms with Crippen molar-refractivity contribution in [3.63, 3.8) is 0 Å². The van der Waals surface area contributed by atoms with E-state index >= 15 is 0 Å². The Bertz CT molecular complexity index is 1690. The van der Waals surface area contributed by atoms with Crippen LogP contribution in [0, 0.1) is 22.7 Å². The maximum absolute atomic E-state index is 14.6. The van der Waals surface area contributed by atoms with Crippen molar-refractivity contribution in [3.8, 4) is 0 Å². The zero-order chi connectivity index (χ0) is 39.8. The molecule has 5 aliphatic rings. The van der Waals surface area contributed by atoms with Gasteiger partial charge in [0.15, 0.2) is 5.78 Å². The second kappa shape index (κ2) is 15.9. The van der Waals surface area contributed by atoms with Crippen molar-refractivity contribution >= 4 is 41.4 Å². The molecule has 14 nitrogen and oxygen atoms in total. The second-order valence-electron chi connectivity index (χ2n) is 18.4. The van der Waals surface area contributed by atoms with Gasteiger partial charge < -0.3 is 35.8 Å². The molecule has 14 heteroatoms. The minimum Gasteiger partial charge on any atom is -0.444 e. The van der Waals surface area contributed by atoms with Crippen LogP contribution in [0.3, 0.4) is 0 Å². The lowest BCUT2D eigenvalue weighted by Gasteiger charge is -2.36. The molecule has 0 bridgehead atoms. The number of carbonyl (C=O) groups is 7. The molecule has 1 aromatic carbocycles. The first-order valence-corrected chi connectivity index (χ1v) is 20.0. The SMILES string of the molecule is CC(C)(C)[C@H](NC(=O)N[C@H](C(=O)N1C[C@H](OC(=O)N2CCc3ccccc3C2)C[C@H]1C(=O)NC(CC1CC1)C(=O)C(=O)NC1CC1)C(C)(C)C)C(=O)C1CC1. The van der Waals surface area contributed by atoms with Crippen molar-refractivity contribution in [2.75, 3.05) is 13.1 Å². The molecule has 5 atom stereocenters. The quantitative estimate of drug-likeness (QED) is 0.221. The lowest BCUT2D eigenvalue weighted by molar-refractivity contribution is -0.144. The predicted molar refractivity (Wildman–Crippen MR) is 202 cm³/mol. The Hall–Kier alpha value is -4.49.